The zero-order chi connectivity index (χ0) is 12.1. The SMILES string of the molecule is CCOC(=O)C(=O)NCC(C)(C)C(N)=O. The van der Waals surface area contributed by atoms with Gasteiger partial charge in [0.1, 0.15) is 0 Å². The molecule has 0 aliphatic rings. The number of primary amides is 1. The van der Waals surface area contributed by atoms with Crippen LogP contribution < -0.4 is 11.1 Å². The fourth-order valence-electron chi connectivity index (χ4n) is 0.657. The van der Waals surface area contributed by atoms with Gasteiger partial charge in [0.2, 0.25) is 5.91 Å². The lowest BCUT2D eigenvalue weighted by Gasteiger charge is -2.20. The van der Waals surface area contributed by atoms with E-state index in [1.54, 1.807) is 20.8 Å². The monoisotopic (exact) mass is 216 g/mol. The second kappa shape index (κ2) is 5.33. The first-order valence-corrected chi connectivity index (χ1v) is 4.56. The molecule has 0 aliphatic heterocycles. The summed E-state index contributed by atoms with van der Waals surface area (Å²) in [7, 11) is 0. The van der Waals surface area contributed by atoms with Gasteiger partial charge >= 0.3 is 11.9 Å². The Morgan fingerprint density at radius 3 is 2.27 bits per heavy atom. The molecule has 0 aromatic rings. The molecule has 0 atom stereocenters. The van der Waals surface area contributed by atoms with Crippen LogP contribution in [0.1, 0.15) is 20.8 Å². The van der Waals surface area contributed by atoms with Crippen molar-refractivity contribution in [2.24, 2.45) is 11.1 Å². The second-order valence-corrected chi connectivity index (χ2v) is 3.65. The number of hydrogen-bond donors (Lipinski definition) is 2. The Morgan fingerprint density at radius 2 is 1.87 bits per heavy atom. The fourth-order valence-corrected chi connectivity index (χ4v) is 0.657. The van der Waals surface area contributed by atoms with Crippen LogP contribution in [-0.4, -0.2) is 30.9 Å². The van der Waals surface area contributed by atoms with Gasteiger partial charge in [-0.25, -0.2) is 4.79 Å². The van der Waals surface area contributed by atoms with E-state index in [0.29, 0.717) is 0 Å². The van der Waals surface area contributed by atoms with Gasteiger partial charge in [0, 0.05) is 6.54 Å². The number of carbonyl (C=O) groups is 3. The van der Waals surface area contributed by atoms with Crippen molar-refractivity contribution in [3.8, 4) is 0 Å². The van der Waals surface area contributed by atoms with E-state index in [-0.39, 0.29) is 13.2 Å². The van der Waals surface area contributed by atoms with Crippen LogP contribution in [0.3, 0.4) is 0 Å². The van der Waals surface area contributed by atoms with Crippen molar-refractivity contribution in [3.05, 3.63) is 0 Å². The summed E-state index contributed by atoms with van der Waals surface area (Å²) < 4.78 is 4.46. The molecule has 2 amide bonds. The van der Waals surface area contributed by atoms with Crippen molar-refractivity contribution in [2.45, 2.75) is 20.8 Å². The average molecular weight is 216 g/mol. The van der Waals surface area contributed by atoms with E-state index >= 15 is 0 Å². The standard InChI is InChI=1S/C9H16N2O4/c1-4-15-7(13)6(12)11-5-9(2,3)8(10)14/h4-5H2,1-3H3,(H2,10,14)(H,11,12). The lowest BCUT2D eigenvalue weighted by molar-refractivity contribution is -0.154. The highest BCUT2D eigenvalue weighted by Gasteiger charge is 2.27. The summed E-state index contributed by atoms with van der Waals surface area (Å²) in [5.41, 5.74) is 4.20. The third-order valence-corrected chi connectivity index (χ3v) is 1.82. The summed E-state index contributed by atoms with van der Waals surface area (Å²) in [6.45, 7) is 4.87. The highest BCUT2D eigenvalue weighted by Crippen LogP contribution is 2.11. The Labute approximate surface area is 88.1 Å². The Bertz CT molecular complexity index is 273. The van der Waals surface area contributed by atoms with E-state index in [1.165, 1.54) is 0 Å². The fraction of sp³-hybridized carbons (Fsp3) is 0.667. The van der Waals surface area contributed by atoms with Crippen molar-refractivity contribution < 1.29 is 19.1 Å². The van der Waals surface area contributed by atoms with Crippen LogP contribution in [0.2, 0.25) is 0 Å². The van der Waals surface area contributed by atoms with Crippen LogP contribution in [0.15, 0.2) is 0 Å². The van der Waals surface area contributed by atoms with Gasteiger partial charge in [0.05, 0.1) is 12.0 Å². The molecule has 86 valence electrons. The smallest absolute Gasteiger partial charge is 0.396 e. The first kappa shape index (κ1) is 13.4. The number of esters is 1. The maximum atomic E-state index is 11.1. The van der Waals surface area contributed by atoms with Crippen LogP contribution in [0, 0.1) is 5.41 Å². The van der Waals surface area contributed by atoms with Gasteiger partial charge in [-0.2, -0.15) is 0 Å². The van der Waals surface area contributed by atoms with E-state index in [0.717, 1.165) is 0 Å². The normalized spacial score (nSPS) is 10.6. The lowest BCUT2D eigenvalue weighted by atomic mass is 9.93. The van der Waals surface area contributed by atoms with E-state index in [2.05, 4.69) is 10.1 Å². The minimum Gasteiger partial charge on any atom is -0.459 e. The summed E-state index contributed by atoms with van der Waals surface area (Å²) in [6, 6.07) is 0. The highest BCUT2D eigenvalue weighted by atomic mass is 16.5. The van der Waals surface area contributed by atoms with E-state index < -0.39 is 23.2 Å². The molecular weight excluding hydrogens is 200 g/mol. The molecule has 6 nitrogen and oxygen atoms in total. The van der Waals surface area contributed by atoms with Gasteiger partial charge in [-0.1, -0.05) is 0 Å². The Balaban J connectivity index is 4.11. The van der Waals surface area contributed by atoms with E-state index in [4.69, 9.17) is 5.73 Å². The van der Waals surface area contributed by atoms with Crippen LogP contribution in [0.25, 0.3) is 0 Å². The van der Waals surface area contributed by atoms with Crippen molar-refractivity contribution >= 4 is 17.8 Å². The van der Waals surface area contributed by atoms with Crippen LogP contribution in [-0.2, 0) is 19.1 Å². The van der Waals surface area contributed by atoms with Gasteiger partial charge in [-0.15, -0.1) is 0 Å². The molecule has 0 aliphatic carbocycles. The van der Waals surface area contributed by atoms with Crippen molar-refractivity contribution in [1.29, 1.82) is 0 Å². The summed E-state index contributed by atoms with van der Waals surface area (Å²) >= 11 is 0. The molecule has 15 heavy (non-hydrogen) atoms. The summed E-state index contributed by atoms with van der Waals surface area (Å²) in [4.78, 5) is 32.8. The molecule has 0 saturated carbocycles. The molecule has 0 spiro atoms. The number of ether oxygens (including phenoxy) is 1. The van der Waals surface area contributed by atoms with Gasteiger partial charge in [-0.05, 0) is 20.8 Å². The molecule has 0 unspecified atom stereocenters. The number of carbonyl (C=O) groups excluding carboxylic acids is 3. The predicted molar refractivity (Wildman–Crippen MR) is 52.6 cm³/mol. The van der Waals surface area contributed by atoms with Crippen molar-refractivity contribution in [3.63, 3.8) is 0 Å². The van der Waals surface area contributed by atoms with E-state index in [9.17, 15) is 14.4 Å². The summed E-state index contributed by atoms with van der Waals surface area (Å²) in [6.07, 6.45) is 0. The zero-order valence-electron chi connectivity index (χ0n) is 9.12. The number of hydrogen-bond acceptors (Lipinski definition) is 4. The zero-order valence-corrected chi connectivity index (χ0v) is 9.12. The minimum atomic E-state index is -0.960. The van der Waals surface area contributed by atoms with Gasteiger partial charge in [0.25, 0.3) is 0 Å². The van der Waals surface area contributed by atoms with Crippen molar-refractivity contribution in [2.75, 3.05) is 13.2 Å². The lowest BCUT2D eigenvalue weighted by Crippen LogP contribution is -2.44. The topological polar surface area (TPSA) is 98.5 Å². The first-order valence-electron chi connectivity index (χ1n) is 4.56. The maximum absolute atomic E-state index is 11.1. The Morgan fingerprint density at radius 1 is 1.33 bits per heavy atom. The van der Waals surface area contributed by atoms with Gasteiger partial charge in [0.15, 0.2) is 0 Å². The molecule has 0 aromatic carbocycles. The quantitative estimate of drug-likeness (QED) is 0.473. The van der Waals surface area contributed by atoms with Gasteiger partial charge in [-0.3, -0.25) is 9.59 Å². The highest BCUT2D eigenvalue weighted by molar-refractivity contribution is 6.32. The number of nitrogens with one attached hydrogen (secondary N) is 1. The third-order valence-electron chi connectivity index (χ3n) is 1.82. The molecule has 6 heteroatoms. The molecule has 0 radical (unpaired) electrons. The molecule has 0 rings (SSSR count). The summed E-state index contributed by atoms with van der Waals surface area (Å²) in [5.74, 6) is -2.38. The molecular formula is C9H16N2O4. The maximum Gasteiger partial charge on any atom is 0.396 e. The second-order valence-electron chi connectivity index (χ2n) is 3.65. The Hall–Kier alpha value is -1.59. The Kier molecular flexibility index (Phi) is 4.77. The number of rotatable bonds is 4. The van der Waals surface area contributed by atoms with Crippen LogP contribution in [0.4, 0.5) is 0 Å². The van der Waals surface area contributed by atoms with Crippen LogP contribution in [0.5, 0.6) is 0 Å². The minimum absolute atomic E-state index is 0.0000189. The largest absolute Gasteiger partial charge is 0.459 e. The van der Waals surface area contributed by atoms with Crippen molar-refractivity contribution in [1.82, 2.24) is 5.32 Å². The summed E-state index contributed by atoms with van der Waals surface area (Å²) in [5, 5.41) is 2.27. The molecule has 0 bridgehead atoms. The molecule has 0 saturated heterocycles. The van der Waals surface area contributed by atoms with E-state index in [1.807, 2.05) is 0 Å². The molecule has 3 N–H and O–H groups in total. The van der Waals surface area contributed by atoms with Gasteiger partial charge < -0.3 is 15.8 Å². The molecule has 0 fully saturated rings. The number of nitrogens with two attached hydrogens (primary N) is 1. The first-order chi connectivity index (χ1) is 6.81. The van der Waals surface area contributed by atoms with Crippen LogP contribution >= 0.6 is 0 Å². The predicted octanol–water partition coefficient (Wildman–Crippen LogP) is -0.823. The number of amides is 2. The molecule has 0 heterocycles. The third kappa shape index (κ3) is 4.44. The average Bonchev–Trinajstić information content (AvgIpc) is 2.14. The molecule has 0 aromatic heterocycles.